The molecule has 0 aliphatic carbocycles. The molecule has 0 saturated heterocycles. The van der Waals surface area contributed by atoms with E-state index in [1.54, 1.807) is 44.4 Å². The minimum atomic E-state index is -1.70. The number of hydrogen-bond acceptors (Lipinski definition) is 6. The number of carbonyl (C=O) groups excluding carboxylic acids is 1. The molecule has 2 heterocycles. The first kappa shape index (κ1) is 20.0. The van der Waals surface area contributed by atoms with Gasteiger partial charge in [-0.05, 0) is 38.3 Å². The van der Waals surface area contributed by atoms with Crippen molar-refractivity contribution in [3.05, 3.63) is 78.8 Å². The molecule has 4 aromatic rings. The van der Waals surface area contributed by atoms with E-state index in [1.807, 2.05) is 48.1 Å². The molecule has 0 spiro atoms. The summed E-state index contributed by atoms with van der Waals surface area (Å²) in [7, 11) is 8.45. The molecule has 0 bridgehead atoms. The molecule has 192 valence electrons. The third-order valence-electron chi connectivity index (χ3n) is 6.02. The Hall–Kier alpha value is -4.17. The Labute approximate surface area is 225 Å². The number of carbonyl (C=O) groups is 1. The summed E-state index contributed by atoms with van der Waals surface area (Å²) in [4.78, 5) is 25.1. The number of anilines is 2. The van der Waals surface area contributed by atoms with E-state index >= 15 is 0 Å². The third kappa shape index (κ3) is 5.81. The molecular formula is C29H34N6O2. The Morgan fingerprint density at radius 2 is 2.11 bits per heavy atom. The van der Waals surface area contributed by atoms with Gasteiger partial charge in [-0.1, -0.05) is 24.7 Å². The van der Waals surface area contributed by atoms with Gasteiger partial charge in [0.15, 0.2) is 0 Å². The quantitative estimate of drug-likeness (QED) is 0.324. The first-order valence-corrected chi connectivity index (χ1v) is 11.7. The van der Waals surface area contributed by atoms with Gasteiger partial charge in [0.2, 0.25) is 5.91 Å². The standard InChI is InChI=1S/C29H34N6O2/c1-7-29(36)32-24-16-20(27(37-6)18-26(24)34(4)15-14-33(2)3)17-28-30-13-12-23(31-28)22-19-35(5)25-11-9-8-10-21(22)25/h7-13,16,18-19H,1,14-15,17H2,2-6H3,(H,32,36)/i1D2,7D,14D2. The lowest BCUT2D eigenvalue weighted by atomic mass is 10.1. The van der Waals surface area contributed by atoms with Crippen molar-refractivity contribution in [2.45, 2.75) is 6.42 Å². The van der Waals surface area contributed by atoms with E-state index in [-0.39, 0.29) is 18.7 Å². The van der Waals surface area contributed by atoms with Gasteiger partial charge < -0.3 is 24.4 Å². The number of fused-ring (bicyclic) bond motifs is 1. The normalized spacial score (nSPS) is 13.3. The first-order chi connectivity index (χ1) is 19.8. The van der Waals surface area contributed by atoms with Crippen LogP contribution in [-0.4, -0.2) is 66.6 Å². The smallest absolute Gasteiger partial charge is 0.247 e. The summed E-state index contributed by atoms with van der Waals surface area (Å²) < 4.78 is 47.0. The summed E-state index contributed by atoms with van der Waals surface area (Å²) >= 11 is 0. The zero-order chi connectivity index (χ0) is 30.8. The van der Waals surface area contributed by atoms with Crippen molar-refractivity contribution < 1.29 is 16.4 Å². The van der Waals surface area contributed by atoms with Crippen LogP contribution < -0.4 is 15.0 Å². The zero-order valence-electron chi connectivity index (χ0n) is 26.7. The number of hydrogen-bond donors (Lipinski definition) is 1. The van der Waals surface area contributed by atoms with Crippen LogP contribution in [0.5, 0.6) is 5.75 Å². The van der Waals surface area contributed by atoms with E-state index in [0.29, 0.717) is 22.8 Å². The fourth-order valence-corrected chi connectivity index (χ4v) is 4.19. The number of benzene rings is 2. The Kier molecular flexibility index (Phi) is 6.07. The topological polar surface area (TPSA) is 75.5 Å². The van der Waals surface area contributed by atoms with E-state index in [0.717, 1.165) is 22.2 Å². The Balaban J connectivity index is 1.76. The molecule has 0 fully saturated rings. The van der Waals surface area contributed by atoms with E-state index in [2.05, 4.69) is 10.3 Å². The molecule has 8 nitrogen and oxygen atoms in total. The van der Waals surface area contributed by atoms with Gasteiger partial charge in [0.1, 0.15) is 11.6 Å². The van der Waals surface area contributed by atoms with Crippen LogP contribution >= 0.6 is 0 Å². The number of methoxy groups -OCH3 is 1. The van der Waals surface area contributed by atoms with E-state index < -0.39 is 25.0 Å². The molecule has 0 saturated carbocycles. The van der Waals surface area contributed by atoms with Crippen LogP contribution in [0.15, 0.2) is 67.4 Å². The summed E-state index contributed by atoms with van der Waals surface area (Å²) in [5.41, 5.74) is 4.16. The highest BCUT2D eigenvalue weighted by atomic mass is 16.5. The van der Waals surface area contributed by atoms with E-state index in [9.17, 15) is 4.79 Å². The highest BCUT2D eigenvalue weighted by Gasteiger charge is 2.17. The molecule has 0 radical (unpaired) electrons. The number of aryl methyl sites for hydroxylation is 1. The van der Waals surface area contributed by atoms with Crippen LogP contribution in [0.25, 0.3) is 22.2 Å². The molecule has 0 aliphatic heterocycles. The number of para-hydroxylation sites is 1. The summed E-state index contributed by atoms with van der Waals surface area (Å²) in [6, 6.07) is 12.5. The second-order valence-electron chi connectivity index (χ2n) is 8.87. The van der Waals surface area contributed by atoms with Crippen molar-refractivity contribution in [2.24, 2.45) is 7.05 Å². The lowest BCUT2D eigenvalue weighted by Crippen LogP contribution is -2.29. The minimum absolute atomic E-state index is 0.0483. The summed E-state index contributed by atoms with van der Waals surface area (Å²) in [5.74, 6) is 0.0649. The molecule has 2 aromatic carbocycles. The lowest BCUT2D eigenvalue weighted by molar-refractivity contribution is -0.111. The van der Waals surface area contributed by atoms with Gasteiger partial charge in [-0.2, -0.15) is 0 Å². The fourth-order valence-electron chi connectivity index (χ4n) is 4.19. The van der Waals surface area contributed by atoms with Gasteiger partial charge in [0.25, 0.3) is 0 Å². The first-order valence-electron chi connectivity index (χ1n) is 14.2. The molecule has 0 atom stereocenters. The zero-order valence-corrected chi connectivity index (χ0v) is 21.7. The SMILES string of the molecule is [2H]C([2H])=C([2H])C(=O)Nc1cc(Cc2nccc(-c3cn(C)c4ccccc34)n2)c(OC)cc1N(C)CC([2H])([2H])N(C)C. The number of aromatic nitrogens is 3. The maximum Gasteiger partial charge on any atom is 0.247 e. The van der Waals surface area contributed by atoms with Crippen molar-refractivity contribution in [1.82, 2.24) is 19.4 Å². The van der Waals surface area contributed by atoms with Crippen molar-refractivity contribution in [1.29, 1.82) is 0 Å². The number of nitrogens with one attached hydrogen (secondary N) is 1. The molecule has 4 rings (SSSR count). The number of amides is 1. The Morgan fingerprint density at radius 1 is 1.30 bits per heavy atom. The van der Waals surface area contributed by atoms with Gasteiger partial charge in [-0.25, -0.2) is 9.97 Å². The second-order valence-corrected chi connectivity index (χ2v) is 8.87. The lowest BCUT2D eigenvalue weighted by Gasteiger charge is -2.25. The fraction of sp³-hybridized carbons (Fsp3) is 0.276. The van der Waals surface area contributed by atoms with Crippen LogP contribution in [0.3, 0.4) is 0 Å². The average molecular weight is 504 g/mol. The maximum atomic E-state index is 12.7. The molecule has 0 aliphatic rings. The van der Waals surface area contributed by atoms with Crippen LogP contribution in [0.4, 0.5) is 11.4 Å². The summed E-state index contributed by atoms with van der Waals surface area (Å²) in [5, 5.41) is 3.69. The van der Waals surface area contributed by atoms with Crippen LogP contribution in [0.2, 0.25) is 0 Å². The van der Waals surface area contributed by atoms with E-state index in [4.69, 9.17) is 16.6 Å². The van der Waals surface area contributed by atoms with Gasteiger partial charge in [0, 0.05) is 76.8 Å². The molecule has 1 N–H and O–H groups in total. The van der Waals surface area contributed by atoms with Crippen molar-refractivity contribution in [2.75, 3.05) is 51.5 Å². The predicted octanol–water partition coefficient (Wildman–Crippen LogP) is 4.36. The average Bonchev–Trinajstić information content (AvgIpc) is 3.28. The highest BCUT2D eigenvalue weighted by Crippen LogP contribution is 2.35. The van der Waals surface area contributed by atoms with Crippen LogP contribution in [0.1, 0.15) is 18.2 Å². The van der Waals surface area contributed by atoms with Crippen LogP contribution in [-0.2, 0) is 18.3 Å². The number of ether oxygens (including phenoxy) is 1. The second kappa shape index (κ2) is 11.3. The van der Waals surface area contributed by atoms with Crippen LogP contribution in [0, 0.1) is 0 Å². The van der Waals surface area contributed by atoms with Gasteiger partial charge in [-0.15, -0.1) is 0 Å². The van der Waals surface area contributed by atoms with Crippen molar-refractivity contribution >= 4 is 28.2 Å². The number of likely N-dealkylation sites (N-methyl/N-ethyl adjacent to an activating group) is 2. The molecular weight excluding hydrogens is 464 g/mol. The van der Waals surface area contributed by atoms with Crippen molar-refractivity contribution in [3.8, 4) is 17.0 Å². The Morgan fingerprint density at radius 3 is 2.86 bits per heavy atom. The maximum absolute atomic E-state index is 12.7. The predicted molar refractivity (Wildman–Crippen MR) is 150 cm³/mol. The molecule has 1 amide bonds. The number of rotatable bonds is 10. The van der Waals surface area contributed by atoms with Gasteiger partial charge >= 0.3 is 0 Å². The molecule has 2 aromatic heterocycles. The minimum Gasteiger partial charge on any atom is -0.496 e. The summed E-state index contributed by atoms with van der Waals surface area (Å²) in [6.45, 7) is -2.67. The van der Waals surface area contributed by atoms with Gasteiger partial charge in [0.05, 0.1) is 28.3 Å². The highest BCUT2D eigenvalue weighted by molar-refractivity contribution is 6.01. The van der Waals surface area contributed by atoms with Crippen molar-refractivity contribution in [3.63, 3.8) is 0 Å². The summed E-state index contributed by atoms with van der Waals surface area (Å²) in [6.07, 6.45) is 3.97. The molecule has 8 heteroatoms. The van der Waals surface area contributed by atoms with E-state index in [1.165, 1.54) is 12.0 Å². The monoisotopic (exact) mass is 503 g/mol. The van der Waals surface area contributed by atoms with Gasteiger partial charge in [-0.3, -0.25) is 4.79 Å². The Bertz CT molecular complexity index is 1650. The molecule has 37 heavy (non-hydrogen) atoms. The third-order valence-corrected chi connectivity index (χ3v) is 6.02. The molecule has 0 unspecified atom stereocenters. The largest absolute Gasteiger partial charge is 0.496 e. The number of nitrogens with zero attached hydrogens (tertiary/aromatic N) is 5.